The van der Waals surface area contributed by atoms with Crippen molar-refractivity contribution in [1.29, 1.82) is 0 Å². The highest BCUT2D eigenvalue weighted by Gasteiger charge is 2.59. The molecule has 1 aliphatic rings. The fraction of sp³-hybridized carbons (Fsp3) is 0.273. The Balaban J connectivity index is 1.91. The van der Waals surface area contributed by atoms with Gasteiger partial charge in [0.25, 0.3) is 0 Å². The van der Waals surface area contributed by atoms with Crippen molar-refractivity contribution >= 4 is 52.3 Å². The second kappa shape index (κ2) is 10.6. The number of hydrogen-bond donors (Lipinski definition) is 3. The average Bonchev–Trinajstić information content (AvgIpc) is 3.24. The van der Waals surface area contributed by atoms with Gasteiger partial charge in [-0.25, -0.2) is 4.39 Å². The van der Waals surface area contributed by atoms with Crippen LogP contribution >= 0.6 is 34.8 Å². The van der Waals surface area contributed by atoms with Gasteiger partial charge in [-0.15, -0.1) is 0 Å². The van der Waals surface area contributed by atoms with Gasteiger partial charge in [0, 0.05) is 29.8 Å². The Labute approximate surface area is 212 Å². The molecule has 0 bridgehead atoms. The molecule has 188 valence electrons. The molecule has 1 heterocycles. The van der Waals surface area contributed by atoms with Crippen LogP contribution < -0.4 is 16.1 Å². The standard InChI is InChI=1S/C22H18Cl3F4N3O3/c1-2-30-18(33)8-19(34)31-10-12-5-11(3-4-16(12)26)17-9-21(35-32-17,22(27,28)29)13-6-14(23)20(25)15(24)7-13/h3-7,9,32H,2,8,10H2,1H3,(H,30,33)(H,31,34). The van der Waals surface area contributed by atoms with Crippen LogP contribution in [-0.2, 0) is 26.6 Å². The molecule has 0 radical (unpaired) electrons. The quantitative estimate of drug-likeness (QED) is 0.248. The lowest BCUT2D eigenvalue weighted by Gasteiger charge is -2.29. The van der Waals surface area contributed by atoms with E-state index in [2.05, 4.69) is 16.1 Å². The molecule has 3 rings (SSSR count). The maximum atomic E-state index is 14.3. The van der Waals surface area contributed by atoms with Crippen LogP contribution in [-0.4, -0.2) is 24.5 Å². The zero-order valence-electron chi connectivity index (χ0n) is 18.0. The van der Waals surface area contributed by atoms with E-state index in [0.717, 1.165) is 24.3 Å². The number of benzene rings is 2. The molecule has 1 unspecified atom stereocenters. The van der Waals surface area contributed by atoms with Crippen LogP contribution in [0.1, 0.15) is 30.0 Å². The van der Waals surface area contributed by atoms with E-state index in [9.17, 15) is 27.2 Å². The maximum absolute atomic E-state index is 14.3. The predicted molar refractivity (Wildman–Crippen MR) is 123 cm³/mol. The molecular weight excluding hydrogens is 537 g/mol. The third-order valence-corrected chi connectivity index (χ3v) is 6.23. The maximum Gasteiger partial charge on any atom is 0.428 e. The van der Waals surface area contributed by atoms with Crippen molar-refractivity contribution in [3.63, 3.8) is 0 Å². The Kier molecular flexibility index (Phi) is 8.21. The zero-order valence-corrected chi connectivity index (χ0v) is 20.2. The van der Waals surface area contributed by atoms with Gasteiger partial charge in [0.1, 0.15) is 12.2 Å². The normalized spacial score (nSPS) is 17.5. The summed E-state index contributed by atoms with van der Waals surface area (Å²) in [6, 6.07) is 5.51. The van der Waals surface area contributed by atoms with Gasteiger partial charge in [0.05, 0.1) is 20.8 Å². The van der Waals surface area contributed by atoms with Gasteiger partial charge in [-0.2, -0.15) is 13.2 Å². The Morgan fingerprint density at radius 2 is 1.69 bits per heavy atom. The predicted octanol–water partition coefficient (Wildman–Crippen LogP) is 5.26. The summed E-state index contributed by atoms with van der Waals surface area (Å²) in [4.78, 5) is 28.4. The number of carbonyl (C=O) groups is 2. The molecule has 2 aromatic rings. The number of hydroxylamine groups is 1. The lowest BCUT2D eigenvalue weighted by molar-refractivity contribution is -0.269. The average molecular weight is 555 g/mol. The fourth-order valence-corrected chi connectivity index (χ4v) is 3.89. The van der Waals surface area contributed by atoms with Crippen molar-refractivity contribution in [3.8, 4) is 0 Å². The summed E-state index contributed by atoms with van der Waals surface area (Å²) in [5.74, 6) is -1.85. The van der Waals surface area contributed by atoms with Gasteiger partial charge in [-0.1, -0.05) is 34.8 Å². The Bertz CT molecular complexity index is 1170. The number of rotatable bonds is 7. The molecule has 0 aromatic heterocycles. The van der Waals surface area contributed by atoms with Crippen LogP contribution in [0.3, 0.4) is 0 Å². The molecular formula is C22H18Cl3F4N3O3. The van der Waals surface area contributed by atoms with Crippen LogP contribution in [0.25, 0.3) is 5.70 Å². The van der Waals surface area contributed by atoms with Crippen molar-refractivity contribution in [2.45, 2.75) is 31.7 Å². The van der Waals surface area contributed by atoms with E-state index in [0.29, 0.717) is 6.54 Å². The molecule has 1 aliphatic heterocycles. The highest BCUT2D eigenvalue weighted by Crippen LogP contribution is 2.49. The topological polar surface area (TPSA) is 79.5 Å². The third kappa shape index (κ3) is 5.83. The fourth-order valence-electron chi connectivity index (χ4n) is 3.30. The molecule has 0 saturated heterocycles. The van der Waals surface area contributed by atoms with Crippen LogP contribution in [0.4, 0.5) is 17.6 Å². The summed E-state index contributed by atoms with van der Waals surface area (Å²) in [5, 5.41) is 4.35. The van der Waals surface area contributed by atoms with E-state index in [1.54, 1.807) is 6.92 Å². The zero-order chi connectivity index (χ0) is 26.0. The van der Waals surface area contributed by atoms with Crippen molar-refractivity contribution in [3.05, 3.63) is 74.0 Å². The van der Waals surface area contributed by atoms with Crippen LogP contribution in [0, 0.1) is 5.82 Å². The number of nitrogens with one attached hydrogen (secondary N) is 3. The van der Waals surface area contributed by atoms with Gasteiger partial charge >= 0.3 is 6.18 Å². The molecule has 0 aliphatic carbocycles. The molecule has 3 N–H and O–H groups in total. The third-order valence-electron chi connectivity index (χ3n) is 5.03. The summed E-state index contributed by atoms with van der Waals surface area (Å²) in [6.07, 6.45) is -4.62. The molecule has 0 spiro atoms. The minimum atomic E-state index is -4.95. The van der Waals surface area contributed by atoms with Gasteiger partial charge in [-0.05, 0) is 43.3 Å². The largest absolute Gasteiger partial charge is 0.428 e. The van der Waals surface area contributed by atoms with Crippen LogP contribution in [0.2, 0.25) is 15.1 Å². The molecule has 6 nitrogen and oxygen atoms in total. The van der Waals surface area contributed by atoms with Crippen molar-refractivity contribution in [2.75, 3.05) is 6.54 Å². The SMILES string of the molecule is CCNC(=O)CC(=O)NCc1cc(C2=CC(c3cc(Cl)c(Cl)c(Cl)c3)(C(F)(F)F)ON2)ccc1F. The van der Waals surface area contributed by atoms with E-state index < -0.39 is 41.4 Å². The van der Waals surface area contributed by atoms with Crippen LogP contribution in [0.5, 0.6) is 0 Å². The van der Waals surface area contributed by atoms with Crippen LogP contribution in [0.15, 0.2) is 36.4 Å². The summed E-state index contributed by atoms with van der Waals surface area (Å²) >= 11 is 17.7. The second-order valence-electron chi connectivity index (χ2n) is 7.46. The Morgan fingerprint density at radius 1 is 1.06 bits per heavy atom. The summed E-state index contributed by atoms with van der Waals surface area (Å²) in [7, 11) is 0. The molecule has 35 heavy (non-hydrogen) atoms. The van der Waals surface area contributed by atoms with Gasteiger partial charge in [0.2, 0.25) is 17.4 Å². The molecule has 2 aromatic carbocycles. The first-order valence-corrected chi connectivity index (χ1v) is 11.2. The monoisotopic (exact) mass is 553 g/mol. The van der Waals surface area contributed by atoms with E-state index in [1.165, 1.54) is 12.1 Å². The van der Waals surface area contributed by atoms with Crippen molar-refractivity contribution in [2.24, 2.45) is 0 Å². The Hall–Kier alpha value is -2.53. The molecule has 13 heteroatoms. The van der Waals surface area contributed by atoms with Gasteiger partial charge < -0.3 is 10.6 Å². The summed E-state index contributed by atoms with van der Waals surface area (Å²) < 4.78 is 56.9. The van der Waals surface area contributed by atoms with Gasteiger partial charge in [-0.3, -0.25) is 19.9 Å². The van der Waals surface area contributed by atoms with E-state index >= 15 is 0 Å². The molecule has 1 atom stereocenters. The van der Waals surface area contributed by atoms with E-state index in [1.807, 2.05) is 0 Å². The van der Waals surface area contributed by atoms with E-state index in [4.69, 9.17) is 39.6 Å². The van der Waals surface area contributed by atoms with Crippen molar-refractivity contribution < 1.29 is 32.0 Å². The van der Waals surface area contributed by atoms with Crippen molar-refractivity contribution in [1.82, 2.24) is 16.1 Å². The molecule has 0 saturated carbocycles. The number of hydrogen-bond acceptors (Lipinski definition) is 4. The smallest absolute Gasteiger partial charge is 0.356 e. The number of halogens is 7. The minimum absolute atomic E-state index is 0.0171. The summed E-state index contributed by atoms with van der Waals surface area (Å²) in [5.41, 5.74) is -1.13. The highest BCUT2D eigenvalue weighted by atomic mass is 35.5. The molecule has 0 fully saturated rings. The lowest BCUT2D eigenvalue weighted by Crippen LogP contribution is -2.42. The first-order chi connectivity index (χ1) is 16.4. The minimum Gasteiger partial charge on any atom is -0.356 e. The highest BCUT2D eigenvalue weighted by molar-refractivity contribution is 6.48. The summed E-state index contributed by atoms with van der Waals surface area (Å²) in [6.45, 7) is 1.75. The first kappa shape index (κ1) is 27.1. The molecule has 2 amide bonds. The number of carbonyl (C=O) groups excluding carboxylic acids is 2. The number of amides is 2. The number of alkyl halides is 3. The van der Waals surface area contributed by atoms with E-state index in [-0.39, 0.29) is 38.4 Å². The van der Waals surface area contributed by atoms with Gasteiger partial charge in [0.15, 0.2) is 0 Å². The lowest BCUT2D eigenvalue weighted by atomic mass is 9.91. The Morgan fingerprint density at radius 3 is 2.29 bits per heavy atom. The second-order valence-corrected chi connectivity index (χ2v) is 8.65. The first-order valence-electron chi connectivity index (χ1n) is 10.1.